The lowest BCUT2D eigenvalue weighted by molar-refractivity contribution is 0.355. The van der Waals surface area contributed by atoms with Crippen molar-refractivity contribution in [3.8, 4) is 34.6 Å². The Balaban J connectivity index is 1.86. The molecule has 0 aliphatic rings. The Bertz CT molecular complexity index is 1270. The highest BCUT2D eigenvalue weighted by Gasteiger charge is 2.19. The number of hydrogen-bond donors (Lipinski definition) is 2. The molecular formula is C21H18FN5O3. The van der Waals surface area contributed by atoms with E-state index in [-0.39, 0.29) is 5.75 Å². The summed E-state index contributed by atoms with van der Waals surface area (Å²) in [7, 11) is 4.52. The van der Waals surface area contributed by atoms with Crippen LogP contribution >= 0.6 is 0 Å². The number of benzene rings is 2. The molecule has 2 aromatic heterocycles. The predicted molar refractivity (Wildman–Crippen MR) is 109 cm³/mol. The van der Waals surface area contributed by atoms with Crippen LogP contribution in [0.2, 0.25) is 0 Å². The summed E-state index contributed by atoms with van der Waals surface area (Å²) in [6.07, 6.45) is 1.46. The third-order valence-electron chi connectivity index (χ3n) is 4.67. The van der Waals surface area contributed by atoms with Crippen molar-refractivity contribution in [2.24, 2.45) is 0 Å². The van der Waals surface area contributed by atoms with E-state index in [1.165, 1.54) is 19.4 Å². The topological polar surface area (TPSA) is 96.6 Å². The van der Waals surface area contributed by atoms with Crippen LogP contribution in [-0.4, -0.2) is 35.9 Å². The third kappa shape index (κ3) is 3.14. The van der Waals surface area contributed by atoms with Gasteiger partial charge in [-0.05, 0) is 30.3 Å². The van der Waals surface area contributed by atoms with Gasteiger partial charge in [-0.25, -0.2) is 4.39 Å². The molecule has 0 aliphatic heterocycles. The Kier molecular flexibility index (Phi) is 4.90. The van der Waals surface area contributed by atoms with E-state index in [0.29, 0.717) is 45.5 Å². The van der Waals surface area contributed by atoms with Gasteiger partial charge in [-0.15, -0.1) is 0 Å². The Hall–Kier alpha value is -4.19. The predicted octanol–water partition coefficient (Wildman–Crippen LogP) is 4.11. The van der Waals surface area contributed by atoms with E-state index in [4.69, 9.17) is 14.2 Å². The standard InChI is InChI=1S/C21H18FN5O3/c1-28-16-6-4-12(8-15(16)22)19-21(27-20(26-19)13(10-23)11-24-27)25-14-5-7-17(29-2)18(9-14)30-3/h4-9,11,25-26H,1-3H3. The van der Waals surface area contributed by atoms with Crippen molar-refractivity contribution < 1.29 is 18.6 Å². The van der Waals surface area contributed by atoms with Crippen molar-refractivity contribution in [3.05, 3.63) is 54.0 Å². The Morgan fingerprint density at radius 2 is 1.77 bits per heavy atom. The number of hydrogen-bond acceptors (Lipinski definition) is 6. The van der Waals surface area contributed by atoms with E-state index in [9.17, 15) is 9.65 Å². The second kappa shape index (κ2) is 7.67. The molecule has 0 amide bonds. The fourth-order valence-corrected chi connectivity index (χ4v) is 3.20. The van der Waals surface area contributed by atoms with Crippen LogP contribution in [0.3, 0.4) is 0 Å². The van der Waals surface area contributed by atoms with Gasteiger partial charge in [-0.2, -0.15) is 14.9 Å². The molecule has 0 spiro atoms. The van der Waals surface area contributed by atoms with E-state index >= 15 is 0 Å². The highest BCUT2D eigenvalue weighted by atomic mass is 19.1. The number of nitrogens with zero attached hydrogens (tertiary/aromatic N) is 3. The molecule has 4 aromatic rings. The largest absolute Gasteiger partial charge is 0.494 e. The van der Waals surface area contributed by atoms with Crippen molar-refractivity contribution in [3.63, 3.8) is 0 Å². The molecule has 0 aliphatic carbocycles. The number of anilines is 2. The zero-order valence-corrected chi connectivity index (χ0v) is 16.5. The first-order valence-corrected chi connectivity index (χ1v) is 8.92. The number of aromatic amines is 1. The molecule has 30 heavy (non-hydrogen) atoms. The first-order chi connectivity index (χ1) is 14.6. The number of nitrogens with one attached hydrogen (secondary N) is 2. The second-order valence-electron chi connectivity index (χ2n) is 6.32. The molecule has 0 saturated heterocycles. The molecule has 8 nitrogen and oxygen atoms in total. The van der Waals surface area contributed by atoms with E-state index in [0.717, 1.165) is 0 Å². The molecule has 2 heterocycles. The fourth-order valence-electron chi connectivity index (χ4n) is 3.20. The zero-order valence-electron chi connectivity index (χ0n) is 16.5. The summed E-state index contributed by atoms with van der Waals surface area (Å²) in [5, 5.41) is 16.9. The van der Waals surface area contributed by atoms with Crippen molar-refractivity contribution >= 4 is 17.2 Å². The van der Waals surface area contributed by atoms with Crippen LogP contribution in [0.4, 0.5) is 15.9 Å². The number of H-pyrrole nitrogens is 1. The van der Waals surface area contributed by atoms with Crippen LogP contribution in [0, 0.1) is 17.1 Å². The quantitative estimate of drug-likeness (QED) is 0.499. The average molecular weight is 407 g/mol. The maximum absolute atomic E-state index is 14.3. The van der Waals surface area contributed by atoms with Crippen molar-refractivity contribution in [2.75, 3.05) is 26.6 Å². The molecule has 0 radical (unpaired) electrons. The summed E-state index contributed by atoms with van der Waals surface area (Å²) in [5.41, 5.74) is 2.67. The average Bonchev–Trinajstić information content (AvgIpc) is 3.33. The van der Waals surface area contributed by atoms with Gasteiger partial charge in [-0.3, -0.25) is 0 Å². The number of methoxy groups -OCH3 is 3. The molecule has 9 heteroatoms. The molecule has 0 unspecified atom stereocenters. The summed E-state index contributed by atoms with van der Waals surface area (Å²) >= 11 is 0. The SMILES string of the molecule is COc1ccc(-c2[nH]c3c(C#N)cnn3c2Nc2ccc(OC)c(OC)c2)cc1F. The number of nitriles is 1. The minimum Gasteiger partial charge on any atom is -0.494 e. The summed E-state index contributed by atoms with van der Waals surface area (Å²) in [4.78, 5) is 3.17. The number of rotatable bonds is 6. The molecule has 0 atom stereocenters. The second-order valence-corrected chi connectivity index (χ2v) is 6.32. The molecule has 0 fully saturated rings. The molecule has 2 N–H and O–H groups in total. The van der Waals surface area contributed by atoms with Gasteiger partial charge in [0.25, 0.3) is 0 Å². The smallest absolute Gasteiger partial charge is 0.165 e. The van der Waals surface area contributed by atoms with Gasteiger partial charge >= 0.3 is 0 Å². The normalized spacial score (nSPS) is 10.6. The highest BCUT2D eigenvalue weighted by Crippen LogP contribution is 2.36. The monoisotopic (exact) mass is 407 g/mol. The van der Waals surface area contributed by atoms with Crippen molar-refractivity contribution in [1.82, 2.24) is 14.6 Å². The Morgan fingerprint density at radius 1 is 1.03 bits per heavy atom. The summed E-state index contributed by atoms with van der Waals surface area (Å²) in [5.74, 6) is 1.31. The molecule has 2 aromatic carbocycles. The minimum atomic E-state index is -0.500. The van der Waals surface area contributed by atoms with Gasteiger partial charge in [0.2, 0.25) is 0 Å². The Morgan fingerprint density at radius 3 is 2.43 bits per heavy atom. The summed E-state index contributed by atoms with van der Waals surface area (Å²) < 4.78 is 31.5. The first kappa shape index (κ1) is 19.1. The Labute approximate surface area is 171 Å². The molecular weight excluding hydrogens is 389 g/mol. The van der Waals surface area contributed by atoms with Crippen LogP contribution in [0.5, 0.6) is 17.2 Å². The molecule has 0 saturated carbocycles. The van der Waals surface area contributed by atoms with Gasteiger partial charge in [0, 0.05) is 17.3 Å². The van der Waals surface area contributed by atoms with Crippen LogP contribution in [0.15, 0.2) is 42.6 Å². The van der Waals surface area contributed by atoms with E-state index < -0.39 is 5.82 Å². The summed E-state index contributed by atoms with van der Waals surface area (Å²) in [6.45, 7) is 0. The fraction of sp³-hybridized carbons (Fsp3) is 0.143. The number of halogens is 1. The van der Waals surface area contributed by atoms with Crippen LogP contribution in [0.1, 0.15) is 5.56 Å². The summed E-state index contributed by atoms with van der Waals surface area (Å²) in [6, 6.07) is 12.1. The zero-order chi connectivity index (χ0) is 21.3. The van der Waals surface area contributed by atoms with Crippen LogP contribution < -0.4 is 19.5 Å². The van der Waals surface area contributed by atoms with Gasteiger partial charge < -0.3 is 24.5 Å². The van der Waals surface area contributed by atoms with Crippen molar-refractivity contribution in [2.45, 2.75) is 0 Å². The van der Waals surface area contributed by atoms with Crippen molar-refractivity contribution in [1.29, 1.82) is 5.26 Å². The van der Waals surface area contributed by atoms with Gasteiger partial charge in [0.1, 0.15) is 11.6 Å². The van der Waals surface area contributed by atoms with Gasteiger partial charge in [-0.1, -0.05) is 0 Å². The maximum atomic E-state index is 14.3. The minimum absolute atomic E-state index is 0.141. The first-order valence-electron chi connectivity index (χ1n) is 8.92. The maximum Gasteiger partial charge on any atom is 0.165 e. The number of ether oxygens (including phenoxy) is 3. The van der Waals surface area contributed by atoms with E-state index in [1.54, 1.807) is 43.0 Å². The number of aromatic nitrogens is 3. The van der Waals surface area contributed by atoms with Gasteiger partial charge in [0.15, 0.2) is 34.5 Å². The highest BCUT2D eigenvalue weighted by molar-refractivity contribution is 5.81. The third-order valence-corrected chi connectivity index (χ3v) is 4.67. The number of imidazole rings is 1. The molecule has 4 rings (SSSR count). The van der Waals surface area contributed by atoms with Crippen LogP contribution in [-0.2, 0) is 0 Å². The van der Waals surface area contributed by atoms with Gasteiger partial charge in [0.05, 0.1) is 33.2 Å². The lowest BCUT2D eigenvalue weighted by Crippen LogP contribution is -1.99. The molecule has 0 bridgehead atoms. The van der Waals surface area contributed by atoms with E-state index in [2.05, 4.69) is 21.5 Å². The van der Waals surface area contributed by atoms with E-state index in [1.807, 2.05) is 6.07 Å². The lowest BCUT2D eigenvalue weighted by Gasteiger charge is -2.12. The van der Waals surface area contributed by atoms with Crippen LogP contribution in [0.25, 0.3) is 16.9 Å². The molecule has 152 valence electrons. The lowest BCUT2D eigenvalue weighted by atomic mass is 10.1. The number of fused-ring (bicyclic) bond motifs is 1.